The summed E-state index contributed by atoms with van der Waals surface area (Å²) >= 11 is 12.1. The van der Waals surface area contributed by atoms with Crippen LogP contribution in [-0.4, -0.2) is 37.9 Å². The predicted molar refractivity (Wildman–Crippen MR) is 75.9 cm³/mol. The van der Waals surface area contributed by atoms with E-state index in [1.54, 1.807) is 7.11 Å². The van der Waals surface area contributed by atoms with Crippen molar-refractivity contribution >= 4 is 23.2 Å². The smallest absolute Gasteiger partial charge is 0.100 e. The quantitative estimate of drug-likeness (QED) is 0.571. The lowest BCUT2D eigenvalue weighted by Crippen LogP contribution is -2.51. The van der Waals surface area contributed by atoms with Gasteiger partial charge in [0.05, 0.1) is 31.3 Å². The van der Waals surface area contributed by atoms with Crippen molar-refractivity contribution in [1.82, 2.24) is 0 Å². The van der Waals surface area contributed by atoms with E-state index in [9.17, 15) is 0 Å². The largest absolute Gasteiger partial charge is 0.382 e. The van der Waals surface area contributed by atoms with Crippen LogP contribution in [0.4, 0.5) is 0 Å². The van der Waals surface area contributed by atoms with E-state index in [0.29, 0.717) is 19.8 Å². The van der Waals surface area contributed by atoms with Crippen molar-refractivity contribution in [1.29, 1.82) is 0 Å². The summed E-state index contributed by atoms with van der Waals surface area (Å²) in [7, 11) is 1.65. The molecule has 1 aliphatic carbocycles. The molecule has 3 atom stereocenters. The number of hydrogen-bond acceptors (Lipinski definition) is 3. The maximum Gasteiger partial charge on any atom is 0.100 e. The Morgan fingerprint density at radius 1 is 1.26 bits per heavy atom. The van der Waals surface area contributed by atoms with E-state index < -0.39 is 0 Å². The van der Waals surface area contributed by atoms with E-state index in [2.05, 4.69) is 0 Å². The van der Waals surface area contributed by atoms with Crippen LogP contribution in [0.15, 0.2) is 24.3 Å². The third-order valence-corrected chi connectivity index (χ3v) is 3.79. The minimum atomic E-state index is -0.0454. The monoisotopic (exact) mass is 304 g/mol. The van der Waals surface area contributed by atoms with Gasteiger partial charge in [-0.05, 0) is 24.1 Å². The van der Waals surface area contributed by atoms with Gasteiger partial charge in [0, 0.05) is 12.1 Å². The van der Waals surface area contributed by atoms with Crippen molar-refractivity contribution < 1.29 is 14.2 Å². The molecule has 1 aliphatic rings. The van der Waals surface area contributed by atoms with Crippen molar-refractivity contribution in [2.75, 3.05) is 20.3 Å². The Balaban J connectivity index is 1.76. The van der Waals surface area contributed by atoms with Crippen LogP contribution in [0.1, 0.15) is 12.0 Å². The Kier molecular flexibility index (Phi) is 5.92. The Hall–Kier alpha value is -0.320. The second kappa shape index (κ2) is 7.46. The van der Waals surface area contributed by atoms with Crippen molar-refractivity contribution in [2.24, 2.45) is 0 Å². The Morgan fingerprint density at radius 2 is 2.11 bits per heavy atom. The Morgan fingerprint density at radius 3 is 2.79 bits per heavy atom. The topological polar surface area (TPSA) is 27.7 Å². The van der Waals surface area contributed by atoms with Crippen LogP contribution in [0.5, 0.6) is 0 Å². The normalized spacial score (nSPS) is 26.2. The van der Waals surface area contributed by atoms with Gasteiger partial charge in [-0.1, -0.05) is 23.7 Å². The van der Waals surface area contributed by atoms with E-state index in [4.69, 9.17) is 37.4 Å². The minimum Gasteiger partial charge on any atom is -0.382 e. The fraction of sp³-hybridized carbons (Fsp3) is 0.571. The van der Waals surface area contributed by atoms with E-state index in [1.807, 2.05) is 24.3 Å². The second-order valence-electron chi connectivity index (χ2n) is 4.56. The lowest BCUT2D eigenvalue weighted by molar-refractivity contribution is -0.135. The lowest BCUT2D eigenvalue weighted by Gasteiger charge is -2.40. The number of ether oxygens (including phenoxy) is 3. The van der Waals surface area contributed by atoms with Gasteiger partial charge in [0.2, 0.25) is 0 Å². The standard InChI is InChI=1S/C14H18Cl2O3/c1-17-5-6-18-14-12(16)8-13(14)19-9-10-3-2-4-11(15)7-10/h2-4,7,12-14H,5-6,8-9H2,1H3. The average molecular weight is 305 g/mol. The van der Waals surface area contributed by atoms with Crippen LogP contribution in [-0.2, 0) is 20.8 Å². The van der Waals surface area contributed by atoms with Gasteiger partial charge in [0.1, 0.15) is 6.10 Å². The molecule has 0 aliphatic heterocycles. The summed E-state index contributed by atoms with van der Waals surface area (Å²) in [5.74, 6) is 0. The third-order valence-electron chi connectivity index (χ3n) is 3.13. The fourth-order valence-electron chi connectivity index (χ4n) is 2.00. The molecule has 0 saturated heterocycles. The highest BCUT2D eigenvalue weighted by Crippen LogP contribution is 2.32. The molecular formula is C14H18Cl2O3. The zero-order valence-corrected chi connectivity index (χ0v) is 12.4. The zero-order chi connectivity index (χ0) is 13.7. The van der Waals surface area contributed by atoms with Gasteiger partial charge >= 0.3 is 0 Å². The number of methoxy groups -OCH3 is 1. The molecule has 1 fully saturated rings. The van der Waals surface area contributed by atoms with Crippen molar-refractivity contribution in [3.05, 3.63) is 34.9 Å². The summed E-state index contributed by atoms with van der Waals surface area (Å²) in [4.78, 5) is 0. The Labute approximate surface area is 123 Å². The molecule has 19 heavy (non-hydrogen) atoms. The first kappa shape index (κ1) is 15.1. The highest BCUT2D eigenvalue weighted by atomic mass is 35.5. The molecule has 3 nitrogen and oxygen atoms in total. The van der Waals surface area contributed by atoms with Crippen LogP contribution in [0.3, 0.4) is 0 Å². The maximum atomic E-state index is 6.13. The molecule has 1 saturated carbocycles. The van der Waals surface area contributed by atoms with Crippen molar-refractivity contribution in [2.45, 2.75) is 30.6 Å². The van der Waals surface area contributed by atoms with Crippen LogP contribution < -0.4 is 0 Å². The molecule has 0 heterocycles. The summed E-state index contributed by atoms with van der Waals surface area (Å²) in [6, 6.07) is 7.65. The summed E-state index contributed by atoms with van der Waals surface area (Å²) in [6.45, 7) is 1.64. The summed E-state index contributed by atoms with van der Waals surface area (Å²) in [6.07, 6.45) is 0.828. The number of halogens is 2. The van der Waals surface area contributed by atoms with Gasteiger partial charge in [-0.15, -0.1) is 11.6 Å². The van der Waals surface area contributed by atoms with E-state index in [0.717, 1.165) is 17.0 Å². The molecular weight excluding hydrogens is 287 g/mol. The highest BCUT2D eigenvalue weighted by Gasteiger charge is 2.41. The van der Waals surface area contributed by atoms with Crippen LogP contribution >= 0.6 is 23.2 Å². The lowest BCUT2D eigenvalue weighted by atomic mass is 9.91. The molecule has 1 aromatic rings. The molecule has 0 amide bonds. The number of benzene rings is 1. The molecule has 3 unspecified atom stereocenters. The third kappa shape index (κ3) is 4.33. The van der Waals surface area contributed by atoms with Gasteiger partial charge in [0.15, 0.2) is 0 Å². The second-order valence-corrected chi connectivity index (χ2v) is 5.56. The first-order chi connectivity index (χ1) is 9.20. The van der Waals surface area contributed by atoms with Gasteiger partial charge in [-0.2, -0.15) is 0 Å². The average Bonchev–Trinajstić information content (AvgIpc) is 2.39. The van der Waals surface area contributed by atoms with Gasteiger partial charge in [0.25, 0.3) is 0 Å². The molecule has 0 radical (unpaired) electrons. The predicted octanol–water partition coefficient (Wildman–Crippen LogP) is 3.27. The van der Waals surface area contributed by atoms with Crippen LogP contribution in [0.2, 0.25) is 5.02 Å². The van der Waals surface area contributed by atoms with E-state index in [-0.39, 0.29) is 17.6 Å². The van der Waals surface area contributed by atoms with Crippen LogP contribution in [0, 0.1) is 0 Å². The molecule has 5 heteroatoms. The molecule has 1 aromatic carbocycles. The summed E-state index contributed by atoms with van der Waals surface area (Å²) in [5.41, 5.74) is 1.06. The number of hydrogen-bond donors (Lipinski definition) is 0. The zero-order valence-electron chi connectivity index (χ0n) is 10.9. The first-order valence-electron chi connectivity index (χ1n) is 6.31. The first-order valence-corrected chi connectivity index (χ1v) is 7.13. The van der Waals surface area contributed by atoms with E-state index in [1.165, 1.54) is 0 Å². The highest BCUT2D eigenvalue weighted by molar-refractivity contribution is 6.30. The molecule has 106 valence electrons. The van der Waals surface area contributed by atoms with Crippen molar-refractivity contribution in [3.8, 4) is 0 Å². The minimum absolute atomic E-state index is 0.0289. The van der Waals surface area contributed by atoms with Gasteiger partial charge < -0.3 is 14.2 Å². The van der Waals surface area contributed by atoms with Crippen LogP contribution in [0.25, 0.3) is 0 Å². The molecule has 0 N–H and O–H groups in total. The Bertz CT molecular complexity index is 400. The summed E-state index contributed by atoms with van der Waals surface area (Å²) in [5, 5.41) is 0.749. The fourth-order valence-corrected chi connectivity index (χ4v) is 2.62. The molecule has 0 spiro atoms. The van der Waals surface area contributed by atoms with Gasteiger partial charge in [-0.25, -0.2) is 0 Å². The SMILES string of the molecule is COCCOC1C(Cl)CC1OCc1cccc(Cl)c1. The molecule has 2 rings (SSSR count). The summed E-state index contributed by atoms with van der Waals surface area (Å²) < 4.78 is 16.4. The molecule has 0 aromatic heterocycles. The number of alkyl halides is 1. The maximum absolute atomic E-state index is 6.13. The van der Waals surface area contributed by atoms with Crippen molar-refractivity contribution in [3.63, 3.8) is 0 Å². The van der Waals surface area contributed by atoms with Gasteiger partial charge in [-0.3, -0.25) is 0 Å². The number of rotatable bonds is 7. The molecule has 0 bridgehead atoms. The van der Waals surface area contributed by atoms with E-state index >= 15 is 0 Å².